The predicted molar refractivity (Wildman–Crippen MR) is 55.6 cm³/mol. The van der Waals surface area contributed by atoms with Gasteiger partial charge in [-0.1, -0.05) is 0 Å². The fourth-order valence-corrected chi connectivity index (χ4v) is 1.73. The average Bonchev–Trinajstić information content (AvgIpc) is 2.67. The molecule has 1 aliphatic heterocycles. The lowest BCUT2D eigenvalue weighted by atomic mass is 10.4. The number of imidazole rings is 1. The lowest BCUT2D eigenvalue weighted by molar-refractivity contribution is 0.286. The number of hydrogen-bond acceptors (Lipinski definition) is 4. The summed E-state index contributed by atoms with van der Waals surface area (Å²) in [6, 6.07) is 0. The lowest BCUT2D eigenvalue weighted by Crippen LogP contribution is -2.50. The highest BCUT2D eigenvalue weighted by atomic mass is 15.6. The molecule has 2 N–H and O–H groups in total. The van der Waals surface area contributed by atoms with E-state index in [0.717, 1.165) is 31.9 Å². The van der Waals surface area contributed by atoms with Crippen LogP contribution in [0.3, 0.4) is 0 Å². The van der Waals surface area contributed by atoms with Crippen molar-refractivity contribution in [3.63, 3.8) is 0 Å². The second kappa shape index (κ2) is 3.98. The second-order valence-electron chi connectivity index (χ2n) is 3.69. The van der Waals surface area contributed by atoms with Crippen molar-refractivity contribution in [2.24, 2.45) is 5.73 Å². The minimum absolute atomic E-state index is 0.548. The monoisotopic (exact) mass is 195 g/mol. The van der Waals surface area contributed by atoms with Crippen molar-refractivity contribution in [2.75, 3.05) is 38.2 Å². The van der Waals surface area contributed by atoms with Crippen molar-refractivity contribution in [1.29, 1.82) is 0 Å². The number of nitrogens with two attached hydrogens (primary N) is 1. The van der Waals surface area contributed by atoms with Crippen molar-refractivity contribution < 1.29 is 0 Å². The minimum atomic E-state index is 0.548. The zero-order valence-corrected chi connectivity index (χ0v) is 8.56. The fourth-order valence-electron chi connectivity index (χ4n) is 1.73. The van der Waals surface area contributed by atoms with E-state index in [1.54, 1.807) is 0 Å². The van der Waals surface area contributed by atoms with Crippen LogP contribution in [0.2, 0.25) is 0 Å². The summed E-state index contributed by atoms with van der Waals surface area (Å²) in [5, 5.41) is 2.29. The van der Waals surface area contributed by atoms with Gasteiger partial charge in [-0.25, -0.2) is 9.66 Å². The van der Waals surface area contributed by atoms with Gasteiger partial charge in [-0.05, 0) is 7.05 Å². The first-order valence-electron chi connectivity index (χ1n) is 4.96. The highest BCUT2D eigenvalue weighted by Gasteiger charge is 2.15. The third kappa shape index (κ3) is 1.73. The molecule has 2 rings (SSSR count). The molecule has 14 heavy (non-hydrogen) atoms. The van der Waals surface area contributed by atoms with Gasteiger partial charge in [0.15, 0.2) is 0 Å². The quantitative estimate of drug-likeness (QED) is 0.673. The van der Waals surface area contributed by atoms with Crippen molar-refractivity contribution in [3.8, 4) is 0 Å². The molecule has 0 atom stereocenters. The predicted octanol–water partition coefficient (Wildman–Crippen LogP) is -0.775. The van der Waals surface area contributed by atoms with Crippen LogP contribution in [0.5, 0.6) is 0 Å². The molecule has 1 aromatic heterocycles. The first kappa shape index (κ1) is 9.48. The van der Waals surface area contributed by atoms with Gasteiger partial charge in [-0.3, -0.25) is 0 Å². The van der Waals surface area contributed by atoms with Gasteiger partial charge in [-0.2, -0.15) is 0 Å². The second-order valence-corrected chi connectivity index (χ2v) is 3.69. The molecule has 0 saturated carbocycles. The van der Waals surface area contributed by atoms with Crippen LogP contribution in [0, 0.1) is 0 Å². The smallest absolute Gasteiger partial charge is 0.114 e. The van der Waals surface area contributed by atoms with Gasteiger partial charge >= 0.3 is 0 Å². The summed E-state index contributed by atoms with van der Waals surface area (Å²) in [6.45, 7) is 4.83. The molecule has 0 amide bonds. The molecule has 0 radical (unpaired) electrons. The van der Waals surface area contributed by atoms with E-state index in [9.17, 15) is 0 Å². The van der Waals surface area contributed by atoms with Gasteiger partial charge in [-0.15, -0.1) is 0 Å². The first-order valence-corrected chi connectivity index (χ1v) is 4.96. The molecule has 1 fully saturated rings. The summed E-state index contributed by atoms with van der Waals surface area (Å²) >= 11 is 0. The van der Waals surface area contributed by atoms with E-state index >= 15 is 0 Å². The van der Waals surface area contributed by atoms with Crippen LogP contribution in [0.1, 0.15) is 5.69 Å². The maximum atomic E-state index is 5.63. The summed E-state index contributed by atoms with van der Waals surface area (Å²) in [7, 11) is 2.15. The van der Waals surface area contributed by atoms with Crippen LogP contribution >= 0.6 is 0 Å². The number of rotatable bonds is 2. The van der Waals surface area contributed by atoms with E-state index in [-0.39, 0.29) is 0 Å². The van der Waals surface area contributed by atoms with E-state index in [1.807, 2.05) is 12.5 Å². The Balaban J connectivity index is 2.08. The van der Waals surface area contributed by atoms with Gasteiger partial charge in [0.05, 0.1) is 11.9 Å². The topological polar surface area (TPSA) is 50.3 Å². The Morgan fingerprint density at radius 3 is 2.71 bits per heavy atom. The van der Waals surface area contributed by atoms with E-state index < -0.39 is 0 Å². The molecule has 1 aromatic rings. The van der Waals surface area contributed by atoms with E-state index in [4.69, 9.17) is 5.73 Å². The molecule has 2 heterocycles. The molecule has 0 bridgehead atoms. The Labute approximate surface area is 84.1 Å². The molecule has 0 unspecified atom stereocenters. The van der Waals surface area contributed by atoms with E-state index in [1.165, 1.54) is 0 Å². The third-order valence-electron chi connectivity index (χ3n) is 2.69. The molecule has 5 heteroatoms. The van der Waals surface area contributed by atoms with Crippen LogP contribution < -0.4 is 10.7 Å². The van der Waals surface area contributed by atoms with Crippen LogP contribution in [-0.4, -0.2) is 47.8 Å². The molecule has 1 aliphatic rings. The van der Waals surface area contributed by atoms with Crippen LogP contribution in [0.4, 0.5) is 0 Å². The summed E-state index contributed by atoms with van der Waals surface area (Å²) in [6.07, 6.45) is 3.67. The number of piperazine rings is 1. The largest absolute Gasteiger partial charge is 0.325 e. The Morgan fingerprint density at radius 1 is 1.36 bits per heavy atom. The molecule has 0 spiro atoms. The highest BCUT2D eigenvalue weighted by molar-refractivity contribution is 5.04. The lowest BCUT2D eigenvalue weighted by Gasteiger charge is -2.35. The maximum Gasteiger partial charge on any atom is 0.114 e. The van der Waals surface area contributed by atoms with Crippen molar-refractivity contribution in [1.82, 2.24) is 14.6 Å². The molecule has 0 aliphatic carbocycles. The van der Waals surface area contributed by atoms with Crippen LogP contribution in [0.25, 0.3) is 0 Å². The summed E-state index contributed by atoms with van der Waals surface area (Å²) in [5.74, 6) is 0. The van der Waals surface area contributed by atoms with Crippen LogP contribution in [-0.2, 0) is 6.54 Å². The van der Waals surface area contributed by atoms with Crippen molar-refractivity contribution in [3.05, 3.63) is 18.2 Å². The fraction of sp³-hybridized carbons (Fsp3) is 0.667. The average molecular weight is 195 g/mol. The van der Waals surface area contributed by atoms with E-state index in [2.05, 4.69) is 26.6 Å². The molecule has 0 aromatic carbocycles. The molecule has 1 saturated heterocycles. The molecular formula is C9H17N5. The van der Waals surface area contributed by atoms with Gasteiger partial charge < -0.3 is 15.6 Å². The van der Waals surface area contributed by atoms with Gasteiger partial charge in [0.2, 0.25) is 0 Å². The highest BCUT2D eigenvalue weighted by Crippen LogP contribution is 2.03. The zero-order chi connectivity index (χ0) is 9.97. The van der Waals surface area contributed by atoms with Crippen molar-refractivity contribution in [2.45, 2.75) is 6.54 Å². The molecular weight excluding hydrogens is 178 g/mol. The third-order valence-corrected chi connectivity index (χ3v) is 2.69. The Morgan fingerprint density at radius 2 is 2.07 bits per heavy atom. The summed E-state index contributed by atoms with van der Waals surface area (Å²) in [5.41, 5.74) is 6.71. The van der Waals surface area contributed by atoms with Gasteiger partial charge in [0.1, 0.15) is 6.33 Å². The summed E-state index contributed by atoms with van der Waals surface area (Å²) < 4.78 is 2.08. The molecule has 78 valence electrons. The van der Waals surface area contributed by atoms with E-state index in [0.29, 0.717) is 6.54 Å². The summed E-state index contributed by atoms with van der Waals surface area (Å²) in [4.78, 5) is 6.44. The Kier molecular flexibility index (Phi) is 2.69. The van der Waals surface area contributed by atoms with Gasteiger partial charge in [0.25, 0.3) is 0 Å². The van der Waals surface area contributed by atoms with Crippen molar-refractivity contribution >= 4 is 0 Å². The van der Waals surface area contributed by atoms with Crippen LogP contribution in [0.15, 0.2) is 12.5 Å². The first-order chi connectivity index (χ1) is 6.81. The zero-order valence-electron chi connectivity index (χ0n) is 8.56. The standard InChI is InChI=1S/C9H17N5/c1-12-2-4-13(5-3-12)14-8-11-7-9(14)6-10/h7-8H,2-6,10H2,1H3. The number of hydrogen-bond donors (Lipinski definition) is 1. The van der Waals surface area contributed by atoms with Gasteiger partial charge in [0, 0.05) is 32.7 Å². The maximum absolute atomic E-state index is 5.63. The number of likely N-dealkylation sites (N-methyl/N-ethyl adjacent to an activating group) is 1. The number of aromatic nitrogens is 2. The molecule has 5 nitrogen and oxygen atoms in total. The minimum Gasteiger partial charge on any atom is -0.325 e. The SMILES string of the molecule is CN1CCN(n2cncc2CN)CC1. The number of nitrogens with zero attached hydrogens (tertiary/aromatic N) is 4. The Hall–Kier alpha value is -1.07. The normalized spacial score (nSPS) is 18.9. The Bertz CT molecular complexity index is 287.